The monoisotopic (exact) mass is 431 g/mol. The van der Waals surface area contributed by atoms with Gasteiger partial charge in [0.15, 0.2) is 9.84 Å². The minimum Gasteiger partial charge on any atom is -0.507 e. The van der Waals surface area contributed by atoms with E-state index in [9.17, 15) is 23.1 Å². The molecular formula is C21H18ClNO5S. The molecule has 2 saturated heterocycles. The number of carbonyl (C=O) groups is 2. The molecule has 2 aromatic carbocycles. The van der Waals surface area contributed by atoms with E-state index in [2.05, 4.69) is 0 Å². The number of nitrogens with zero attached hydrogens (tertiary/aromatic N) is 1. The third-order valence-corrected chi connectivity index (χ3v) is 7.32. The summed E-state index contributed by atoms with van der Waals surface area (Å²) in [5.41, 5.74) is 0.937. The van der Waals surface area contributed by atoms with E-state index in [0.29, 0.717) is 16.1 Å². The summed E-state index contributed by atoms with van der Waals surface area (Å²) in [4.78, 5) is 27.1. The van der Waals surface area contributed by atoms with Crippen LogP contribution in [-0.2, 0) is 19.4 Å². The van der Waals surface area contributed by atoms with Crippen LogP contribution in [0.25, 0.3) is 5.76 Å². The molecule has 0 saturated carbocycles. The van der Waals surface area contributed by atoms with Crippen molar-refractivity contribution in [3.05, 3.63) is 76.3 Å². The lowest BCUT2D eigenvalue weighted by Crippen LogP contribution is -2.40. The summed E-state index contributed by atoms with van der Waals surface area (Å²) in [6, 6.07) is 13.6. The largest absolute Gasteiger partial charge is 0.507 e. The Bertz CT molecular complexity index is 1110. The molecule has 0 aromatic heterocycles. The first kappa shape index (κ1) is 19.7. The van der Waals surface area contributed by atoms with E-state index in [1.165, 1.54) is 4.90 Å². The maximum atomic E-state index is 12.9. The zero-order valence-corrected chi connectivity index (χ0v) is 16.9. The van der Waals surface area contributed by atoms with Crippen molar-refractivity contribution in [3.63, 3.8) is 0 Å². The minimum absolute atomic E-state index is 0.0350. The normalized spacial score (nSPS) is 25.5. The molecule has 1 N–H and O–H groups in total. The second kappa shape index (κ2) is 7.31. The van der Waals surface area contributed by atoms with Crippen LogP contribution in [0.5, 0.6) is 0 Å². The second-order valence-corrected chi connectivity index (χ2v) is 9.85. The molecule has 2 aromatic rings. The molecule has 2 heterocycles. The number of sulfone groups is 1. The number of halogens is 1. The molecule has 0 aliphatic carbocycles. The van der Waals surface area contributed by atoms with E-state index < -0.39 is 33.6 Å². The smallest absolute Gasteiger partial charge is 0.295 e. The lowest BCUT2D eigenvalue weighted by Gasteiger charge is -2.30. The summed E-state index contributed by atoms with van der Waals surface area (Å²) >= 11 is 5.98. The fourth-order valence-corrected chi connectivity index (χ4v) is 5.78. The van der Waals surface area contributed by atoms with E-state index in [-0.39, 0.29) is 29.3 Å². The number of rotatable bonds is 3. The van der Waals surface area contributed by atoms with Gasteiger partial charge in [0.05, 0.1) is 23.1 Å². The quantitative estimate of drug-likeness (QED) is 0.458. The summed E-state index contributed by atoms with van der Waals surface area (Å²) in [5.74, 6) is -2.14. The highest BCUT2D eigenvalue weighted by Gasteiger charge is 2.50. The zero-order valence-electron chi connectivity index (χ0n) is 15.3. The Morgan fingerprint density at radius 1 is 1.03 bits per heavy atom. The summed E-state index contributed by atoms with van der Waals surface area (Å²) in [5, 5.41) is 11.4. The van der Waals surface area contributed by atoms with Crippen LogP contribution < -0.4 is 0 Å². The van der Waals surface area contributed by atoms with Crippen LogP contribution in [0.4, 0.5) is 0 Å². The molecule has 0 spiro atoms. The molecule has 2 aliphatic heterocycles. The van der Waals surface area contributed by atoms with Gasteiger partial charge in [0.1, 0.15) is 5.76 Å². The van der Waals surface area contributed by atoms with Crippen molar-refractivity contribution < 1.29 is 23.1 Å². The number of ketones is 1. The van der Waals surface area contributed by atoms with Gasteiger partial charge in [-0.1, -0.05) is 54.1 Å². The van der Waals surface area contributed by atoms with Crippen molar-refractivity contribution in [2.75, 3.05) is 11.5 Å². The van der Waals surface area contributed by atoms with E-state index >= 15 is 0 Å². The fraction of sp³-hybridized carbons (Fsp3) is 0.238. The van der Waals surface area contributed by atoms with Crippen molar-refractivity contribution >= 4 is 38.9 Å². The number of aliphatic hydroxyl groups is 1. The van der Waals surface area contributed by atoms with Crippen molar-refractivity contribution in [1.29, 1.82) is 0 Å². The number of likely N-dealkylation sites (tertiary alicyclic amines) is 1. The molecule has 0 bridgehead atoms. The first-order valence-corrected chi connectivity index (χ1v) is 11.3. The second-order valence-electron chi connectivity index (χ2n) is 7.18. The first-order chi connectivity index (χ1) is 13.8. The molecule has 1 amide bonds. The van der Waals surface area contributed by atoms with Crippen molar-refractivity contribution in [2.45, 2.75) is 18.5 Å². The molecule has 150 valence electrons. The minimum atomic E-state index is -3.28. The molecule has 8 heteroatoms. The molecule has 2 aliphatic rings. The first-order valence-electron chi connectivity index (χ1n) is 9.10. The van der Waals surface area contributed by atoms with Crippen molar-refractivity contribution in [2.24, 2.45) is 0 Å². The van der Waals surface area contributed by atoms with Crippen LogP contribution in [0.2, 0.25) is 5.02 Å². The van der Waals surface area contributed by atoms with Crippen molar-refractivity contribution in [3.8, 4) is 0 Å². The van der Waals surface area contributed by atoms with E-state index in [4.69, 9.17) is 11.6 Å². The highest BCUT2D eigenvalue weighted by molar-refractivity contribution is 7.91. The Morgan fingerprint density at radius 2 is 1.69 bits per heavy atom. The molecule has 2 unspecified atom stereocenters. The Morgan fingerprint density at radius 3 is 2.28 bits per heavy atom. The predicted molar refractivity (Wildman–Crippen MR) is 109 cm³/mol. The third kappa shape index (κ3) is 3.56. The predicted octanol–water partition coefficient (Wildman–Crippen LogP) is 2.95. The zero-order chi connectivity index (χ0) is 20.8. The molecule has 2 fully saturated rings. The Kier molecular flexibility index (Phi) is 4.96. The number of carbonyl (C=O) groups excluding carboxylic acids is 2. The van der Waals surface area contributed by atoms with Crippen LogP contribution in [0.15, 0.2) is 60.2 Å². The summed E-state index contributed by atoms with van der Waals surface area (Å²) < 4.78 is 24.0. The molecule has 2 atom stereocenters. The number of aliphatic hydroxyl groups excluding tert-OH is 1. The topological polar surface area (TPSA) is 91.8 Å². The van der Waals surface area contributed by atoms with Gasteiger partial charge in [-0.2, -0.15) is 0 Å². The van der Waals surface area contributed by atoms with Gasteiger partial charge in [-0.15, -0.1) is 0 Å². The summed E-state index contributed by atoms with van der Waals surface area (Å²) in [7, 11) is -3.28. The molecule has 29 heavy (non-hydrogen) atoms. The highest BCUT2D eigenvalue weighted by Crippen LogP contribution is 2.42. The van der Waals surface area contributed by atoms with Gasteiger partial charge >= 0.3 is 0 Å². The van der Waals surface area contributed by atoms with E-state index in [1.807, 2.05) is 0 Å². The van der Waals surface area contributed by atoms with Crippen LogP contribution in [0.1, 0.15) is 23.6 Å². The Balaban J connectivity index is 1.89. The lowest BCUT2D eigenvalue weighted by molar-refractivity contribution is -0.141. The van der Waals surface area contributed by atoms with Crippen LogP contribution in [0, 0.1) is 0 Å². The van der Waals surface area contributed by atoms with Gasteiger partial charge in [0.2, 0.25) is 0 Å². The van der Waals surface area contributed by atoms with Gasteiger partial charge in [0.25, 0.3) is 11.7 Å². The maximum absolute atomic E-state index is 12.9. The highest BCUT2D eigenvalue weighted by atomic mass is 35.5. The fourth-order valence-electron chi connectivity index (χ4n) is 3.95. The third-order valence-electron chi connectivity index (χ3n) is 5.31. The van der Waals surface area contributed by atoms with E-state index in [0.717, 1.165) is 0 Å². The Hall–Kier alpha value is -2.64. The van der Waals surface area contributed by atoms with E-state index in [1.54, 1.807) is 54.6 Å². The van der Waals surface area contributed by atoms with Gasteiger partial charge in [-0.3, -0.25) is 9.59 Å². The number of Topliss-reactive ketones (excluding diaryl/α,β-unsaturated/α-hetero) is 1. The van der Waals surface area contributed by atoms with Crippen molar-refractivity contribution in [1.82, 2.24) is 4.90 Å². The SMILES string of the molecule is O=C1C(=O)N(C2CCS(=O)(=O)C2)C(c2ccc(Cl)cc2)C1=C(O)c1ccccc1. The molecule has 0 radical (unpaired) electrons. The Labute approximate surface area is 173 Å². The number of hydrogen-bond donors (Lipinski definition) is 1. The molecule has 6 nitrogen and oxygen atoms in total. The molecule has 4 rings (SSSR count). The van der Waals surface area contributed by atoms with Gasteiger partial charge < -0.3 is 10.0 Å². The van der Waals surface area contributed by atoms with Crippen LogP contribution in [-0.4, -0.2) is 47.7 Å². The average Bonchev–Trinajstić information content (AvgIpc) is 3.19. The number of hydrogen-bond acceptors (Lipinski definition) is 5. The average molecular weight is 432 g/mol. The number of benzene rings is 2. The summed E-state index contributed by atoms with van der Waals surface area (Å²) in [6.07, 6.45) is 0.255. The van der Waals surface area contributed by atoms with Gasteiger partial charge in [-0.25, -0.2) is 8.42 Å². The number of amides is 1. The maximum Gasteiger partial charge on any atom is 0.295 e. The lowest BCUT2D eigenvalue weighted by atomic mass is 9.95. The van der Waals surface area contributed by atoms with Gasteiger partial charge in [0, 0.05) is 16.6 Å². The standard InChI is InChI=1S/C21H18ClNO5S/c22-15-8-6-13(7-9-15)18-17(19(24)14-4-2-1-3-5-14)20(25)21(26)23(18)16-10-11-29(27,28)12-16/h1-9,16,18,24H,10-12H2. The van der Waals surface area contributed by atoms with Gasteiger partial charge in [-0.05, 0) is 24.1 Å². The molecular weight excluding hydrogens is 414 g/mol. The van der Waals surface area contributed by atoms with Crippen LogP contribution >= 0.6 is 11.6 Å². The summed E-state index contributed by atoms with van der Waals surface area (Å²) in [6.45, 7) is 0. The van der Waals surface area contributed by atoms with Crippen LogP contribution in [0.3, 0.4) is 0 Å².